The molecule has 2 rings (SSSR count). The minimum atomic E-state index is -0.284. The molecule has 0 bridgehead atoms. The molecule has 1 heterocycles. The zero-order chi connectivity index (χ0) is 10.8. The van der Waals surface area contributed by atoms with Crippen LogP contribution in [0.15, 0.2) is 30.3 Å². The molecule has 15 heavy (non-hydrogen) atoms. The second-order valence-electron chi connectivity index (χ2n) is 2.94. The van der Waals surface area contributed by atoms with Crippen molar-refractivity contribution in [1.29, 1.82) is 0 Å². The SMILES string of the molecule is Fc1ccc(-c2cc(Cl)n[nH]c2=S)cc1. The lowest BCUT2D eigenvalue weighted by atomic mass is 10.1. The van der Waals surface area contributed by atoms with Gasteiger partial charge in [0.2, 0.25) is 0 Å². The van der Waals surface area contributed by atoms with Crippen LogP contribution in [0.4, 0.5) is 4.39 Å². The lowest BCUT2D eigenvalue weighted by Crippen LogP contribution is -1.87. The fourth-order valence-corrected chi connectivity index (χ4v) is 1.60. The normalized spacial score (nSPS) is 10.3. The van der Waals surface area contributed by atoms with Crippen LogP contribution >= 0.6 is 23.8 Å². The first kappa shape index (κ1) is 10.3. The van der Waals surface area contributed by atoms with E-state index in [-0.39, 0.29) is 5.82 Å². The summed E-state index contributed by atoms with van der Waals surface area (Å²) in [6.07, 6.45) is 0. The molecule has 5 heteroatoms. The third-order valence-corrected chi connectivity index (χ3v) is 2.43. The van der Waals surface area contributed by atoms with Crippen molar-refractivity contribution in [3.05, 3.63) is 45.9 Å². The van der Waals surface area contributed by atoms with Gasteiger partial charge in [0, 0.05) is 5.56 Å². The summed E-state index contributed by atoms with van der Waals surface area (Å²) < 4.78 is 13.2. The third kappa shape index (κ3) is 2.22. The minimum Gasteiger partial charge on any atom is -0.266 e. The Bertz CT molecular complexity index is 536. The van der Waals surface area contributed by atoms with Crippen LogP contribution in [0.2, 0.25) is 5.15 Å². The summed E-state index contributed by atoms with van der Waals surface area (Å²) in [5.41, 5.74) is 1.55. The number of aromatic amines is 1. The van der Waals surface area contributed by atoms with Crippen LogP contribution in [-0.2, 0) is 0 Å². The van der Waals surface area contributed by atoms with E-state index in [0.717, 1.165) is 11.1 Å². The van der Waals surface area contributed by atoms with Crippen molar-refractivity contribution in [3.8, 4) is 11.1 Å². The molecule has 0 aliphatic heterocycles. The van der Waals surface area contributed by atoms with E-state index in [1.165, 1.54) is 12.1 Å². The zero-order valence-corrected chi connectivity index (χ0v) is 9.07. The van der Waals surface area contributed by atoms with Gasteiger partial charge in [-0.15, -0.1) is 0 Å². The van der Waals surface area contributed by atoms with Gasteiger partial charge in [-0.1, -0.05) is 36.0 Å². The van der Waals surface area contributed by atoms with Crippen LogP contribution in [0, 0.1) is 10.5 Å². The molecule has 0 saturated heterocycles. The van der Waals surface area contributed by atoms with Crippen molar-refractivity contribution in [2.75, 3.05) is 0 Å². The van der Waals surface area contributed by atoms with E-state index in [1.54, 1.807) is 18.2 Å². The molecule has 2 nitrogen and oxygen atoms in total. The molecule has 0 unspecified atom stereocenters. The third-order valence-electron chi connectivity index (χ3n) is 1.93. The highest BCUT2D eigenvalue weighted by Crippen LogP contribution is 2.21. The molecule has 0 aliphatic rings. The summed E-state index contributed by atoms with van der Waals surface area (Å²) >= 11 is 10.8. The predicted molar refractivity (Wildman–Crippen MR) is 59.8 cm³/mol. The Morgan fingerprint density at radius 1 is 1.27 bits per heavy atom. The van der Waals surface area contributed by atoms with Crippen molar-refractivity contribution < 1.29 is 4.39 Å². The molecule has 0 spiro atoms. The van der Waals surface area contributed by atoms with Gasteiger partial charge < -0.3 is 0 Å². The summed E-state index contributed by atoms with van der Waals surface area (Å²) in [6.45, 7) is 0. The van der Waals surface area contributed by atoms with Gasteiger partial charge in [0.25, 0.3) is 0 Å². The summed E-state index contributed by atoms with van der Waals surface area (Å²) in [7, 11) is 0. The lowest BCUT2D eigenvalue weighted by molar-refractivity contribution is 0.628. The van der Waals surface area contributed by atoms with E-state index in [0.29, 0.717) is 9.79 Å². The molecule has 1 aromatic carbocycles. The first-order chi connectivity index (χ1) is 7.16. The van der Waals surface area contributed by atoms with Gasteiger partial charge in [-0.05, 0) is 23.8 Å². The average molecular weight is 241 g/mol. The first-order valence-electron chi connectivity index (χ1n) is 4.18. The molecule has 2 aromatic rings. The highest BCUT2D eigenvalue weighted by molar-refractivity contribution is 7.71. The highest BCUT2D eigenvalue weighted by Gasteiger charge is 2.02. The number of benzene rings is 1. The van der Waals surface area contributed by atoms with E-state index in [2.05, 4.69) is 10.2 Å². The zero-order valence-electron chi connectivity index (χ0n) is 7.50. The maximum absolute atomic E-state index is 12.7. The van der Waals surface area contributed by atoms with Crippen molar-refractivity contribution in [2.24, 2.45) is 0 Å². The van der Waals surface area contributed by atoms with E-state index in [1.807, 2.05) is 0 Å². The summed E-state index contributed by atoms with van der Waals surface area (Å²) in [6, 6.07) is 7.68. The Hall–Kier alpha value is -1.26. The molecule has 0 amide bonds. The van der Waals surface area contributed by atoms with Crippen LogP contribution in [-0.4, -0.2) is 10.2 Å². The van der Waals surface area contributed by atoms with Crippen molar-refractivity contribution in [3.63, 3.8) is 0 Å². The van der Waals surface area contributed by atoms with Crippen LogP contribution in [0.25, 0.3) is 11.1 Å². The van der Waals surface area contributed by atoms with Gasteiger partial charge in [-0.3, -0.25) is 5.10 Å². The lowest BCUT2D eigenvalue weighted by Gasteiger charge is -2.01. The monoisotopic (exact) mass is 240 g/mol. The number of hydrogen-bond donors (Lipinski definition) is 1. The van der Waals surface area contributed by atoms with E-state index in [9.17, 15) is 4.39 Å². The minimum absolute atomic E-state index is 0.284. The second-order valence-corrected chi connectivity index (χ2v) is 3.74. The molecule has 1 N–H and O–H groups in total. The molecule has 0 saturated carbocycles. The van der Waals surface area contributed by atoms with Crippen LogP contribution < -0.4 is 0 Å². The van der Waals surface area contributed by atoms with E-state index >= 15 is 0 Å². The summed E-state index contributed by atoms with van der Waals surface area (Å²) in [4.78, 5) is 0. The average Bonchev–Trinajstić information content (AvgIpc) is 2.23. The Kier molecular flexibility index (Phi) is 2.79. The molecule has 0 radical (unpaired) electrons. The molecular weight excluding hydrogens is 235 g/mol. The number of hydrogen-bond acceptors (Lipinski definition) is 2. The quantitative estimate of drug-likeness (QED) is 0.772. The summed E-state index contributed by atoms with van der Waals surface area (Å²) in [5, 5.41) is 6.69. The van der Waals surface area contributed by atoms with Crippen molar-refractivity contribution in [2.45, 2.75) is 0 Å². The molecular formula is C10H6ClFN2S. The van der Waals surface area contributed by atoms with Gasteiger partial charge >= 0.3 is 0 Å². The molecule has 0 aliphatic carbocycles. The van der Waals surface area contributed by atoms with Crippen LogP contribution in [0.1, 0.15) is 0 Å². The molecule has 0 fully saturated rings. The second kappa shape index (κ2) is 4.08. The standard InChI is InChI=1S/C10H6ClFN2S/c11-9-5-8(10(15)14-13-9)6-1-3-7(12)4-2-6/h1-5H,(H,14,15). The van der Waals surface area contributed by atoms with Gasteiger partial charge in [0.15, 0.2) is 0 Å². The van der Waals surface area contributed by atoms with Crippen LogP contribution in [0.5, 0.6) is 0 Å². The molecule has 1 aromatic heterocycles. The van der Waals surface area contributed by atoms with Gasteiger partial charge in [-0.25, -0.2) is 4.39 Å². The van der Waals surface area contributed by atoms with Crippen molar-refractivity contribution >= 4 is 23.8 Å². The van der Waals surface area contributed by atoms with Gasteiger partial charge in [-0.2, -0.15) is 5.10 Å². The number of rotatable bonds is 1. The Morgan fingerprint density at radius 2 is 1.93 bits per heavy atom. The Labute approximate surface area is 95.7 Å². The van der Waals surface area contributed by atoms with Gasteiger partial charge in [0.05, 0.1) is 0 Å². The number of halogens is 2. The predicted octanol–water partition coefficient (Wildman–Crippen LogP) is 3.60. The maximum atomic E-state index is 12.7. The molecule has 76 valence electrons. The first-order valence-corrected chi connectivity index (χ1v) is 4.96. The maximum Gasteiger partial charge on any atom is 0.150 e. The highest BCUT2D eigenvalue weighted by atomic mass is 35.5. The Balaban J connectivity index is 2.58. The van der Waals surface area contributed by atoms with E-state index in [4.69, 9.17) is 23.8 Å². The van der Waals surface area contributed by atoms with Crippen LogP contribution in [0.3, 0.4) is 0 Å². The fourth-order valence-electron chi connectivity index (χ4n) is 1.23. The molecule has 0 atom stereocenters. The Morgan fingerprint density at radius 3 is 2.60 bits per heavy atom. The number of H-pyrrole nitrogens is 1. The number of nitrogens with one attached hydrogen (secondary N) is 1. The van der Waals surface area contributed by atoms with E-state index < -0.39 is 0 Å². The largest absolute Gasteiger partial charge is 0.266 e. The number of aromatic nitrogens is 2. The summed E-state index contributed by atoms with van der Waals surface area (Å²) in [5.74, 6) is -0.284. The van der Waals surface area contributed by atoms with Crippen molar-refractivity contribution in [1.82, 2.24) is 10.2 Å². The fraction of sp³-hybridized carbons (Fsp3) is 0. The van der Waals surface area contributed by atoms with Gasteiger partial charge in [0.1, 0.15) is 15.6 Å². The topological polar surface area (TPSA) is 28.7 Å². The smallest absolute Gasteiger partial charge is 0.150 e. The number of nitrogens with zero attached hydrogens (tertiary/aromatic N) is 1.